The van der Waals surface area contributed by atoms with Crippen LogP contribution in [0.15, 0.2) is 9.27 Å². The zero-order valence-electron chi connectivity index (χ0n) is 8.58. The van der Waals surface area contributed by atoms with Crippen LogP contribution < -0.4 is 11.4 Å². The number of aromatic nitrogens is 2. The summed E-state index contributed by atoms with van der Waals surface area (Å²) >= 11 is 3.33. The van der Waals surface area contributed by atoms with Crippen LogP contribution in [0, 0.1) is 13.8 Å². The quantitative estimate of drug-likeness (QED) is 0.871. The standard InChI is InChI=1S/C9H12BrN3O2/c1-5-8(10)6(2)13(9(15)12-5)4-3-7(11)14/h3-4H2,1-2H3,(H2,11,14). The highest BCUT2D eigenvalue weighted by molar-refractivity contribution is 9.10. The lowest BCUT2D eigenvalue weighted by molar-refractivity contribution is -0.118. The minimum atomic E-state index is -0.432. The van der Waals surface area contributed by atoms with Gasteiger partial charge in [0, 0.05) is 18.7 Å². The van der Waals surface area contributed by atoms with Crippen LogP contribution in [0.1, 0.15) is 17.8 Å². The number of amides is 1. The van der Waals surface area contributed by atoms with Crippen molar-refractivity contribution in [3.05, 3.63) is 26.3 Å². The molecule has 6 heteroatoms. The van der Waals surface area contributed by atoms with E-state index >= 15 is 0 Å². The molecule has 0 spiro atoms. The molecule has 0 aliphatic heterocycles. The second kappa shape index (κ2) is 4.57. The third-order valence-corrected chi connectivity index (χ3v) is 3.26. The molecule has 2 N–H and O–H groups in total. The summed E-state index contributed by atoms with van der Waals surface area (Å²) < 4.78 is 2.22. The van der Waals surface area contributed by atoms with E-state index in [1.165, 1.54) is 4.57 Å². The molecule has 0 unspecified atom stereocenters. The predicted octanol–water partition coefficient (Wildman–Crippen LogP) is 0.498. The van der Waals surface area contributed by atoms with Crippen molar-refractivity contribution in [3.8, 4) is 0 Å². The van der Waals surface area contributed by atoms with E-state index in [0.717, 1.165) is 10.2 Å². The minimum Gasteiger partial charge on any atom is -0.370 e. The summed E-state index contributed by atoms with van der Waals surface area (Å²) in [7, 11) is 0. The highest BCUT2D eigenvalue weighted by Gasteiger charge is 2.09. The average Bonchev–Trinajstić information content (AvgIpc) is 2.14. The van der Waals surface area contributed by atoms with Gasteiger partial charge in [-0.2, -0.15) is 4.98 Å². The first-order valence-electron chi connectivity index (χ1n) is 4.45. The Balaban J connectivity index is 3.13. The molecule has 1 aromatic rings. The van der Waals surface area contributed by atoms with Crippen LogP contribution in [0.25, 0.3) is 0 Å². The summed E-state index contributed by atoms with van der Waals surface area (Å²) in [5.41, 5.74) is 6.07. The second-order valence-electron chi connectivity index (χ2n) is 3.25. The zero-order chi connectivity index (χ0) is 11.6. The van der Waals surface area contributed by atoms with Crippen molar-refractivity contribution in [1.82, 2.24) is 9.55 Å². The van der Waals surface area contributed by atoms with E-state index in [9.17, 15) is 9.59 Å². The van der Waals surface area contributed by atoms with Gasteiger partial charge in [-0.15, -0.1) is 0 Å². The van der Waals surface area contributed by atoms with Crippen LogP contribution in [-0.2, 0) is 11.3 Å². The molecule has 0 atom stereocenters. The lowest BCUT2D eigenvalue weighted by Crippen LogP contribution is -2.28. The molecule has 0 aliphatic carbocycles. The molecule has 0 saturated carbocycles. The molecule has 5 nitrogen and oxygen atoms in total. The predicted molar refractivity (Wildman–Crippen MR) is 59.5 cm³/mol. The maximum absolute atomic E-state index is 11.5. The van der Waals surface area contributed by atoms with Crippen molar-refractivity contribution in [3.63, 3.8) is 0 Å². The first-order valence-corrected chi connectivity index (χ1v) is 5.24. The molecule has 0 bridgehead atoms. The number of primary amides is 1. The highest BCUT2D eigenvalue weighted by atomic mass is 79.9. The number of hydrogen-bond acceptors (Lipinski definition) is 3. The van der Waals surface area contributed by atoms with Gasteiger partial charge in [-0.1, -0.05) is 0 Å². The van der Waals surface area contributed by atoms with E-state index in [4.69, 9.17) is 5.73 Å². The largest absolute Gasteiger partial charge is 0.370 e. The van der Waals surface area contributed by atoms with Crippen LogP contribution in [0.5, 0.6) is 0 Å². The van der Waals surface area contributed by atoms with Gasteiger partial charge in [0.2, 0.25) is 5.91 Å². The maximum atomic E-state index is 11.5. The van der Waals surface area contributed by atoms with Crippen LogP contribution >= 0.6 is 15.9 Å². The van der Waals surface area contributed by atoms with E-state index in [0.29, 0.717) is 5.69 Å². The van der Waals surface area contributed by atoms with Gasteiger partial charge in [0.05, 0.1) is 10.2 Å². The van der Waals surface area contributed by atoms with E-state index < -0.39 is 5.91 Å². The molecule has 0 aromatic carbocycles. The van der Waals surface area contributed by atoms with Crippen LogP contribution in [0.3, 0.4) is 0 Å². The molecule has 0 fully saturated rings. The Morgan fingerprint density at radius 1 is 1.53 bits per heavy atom. The summed E-state index contributed by atoms with van der Waals surface area (Å²) in [5.74, 6) is -0.432. The van der Waals surface area contributed by atoms with Crippen LogP contribution in [-0.4, -0.2) is 15.5 Å². The van der Waals surface area contributed by atoms with E-state index in [2.05, 4.69) is 20.9 Å². The lowest BCUT2D eigenvalue weighted by atomic mass is 10.3. The molecule has 1 heterocycles. The van der Waals surface area contributed by atoms with Crippen molar-refractivity contribution in [2.24, 2.45) is 5.73 Å². The van der Waals surface area contributed by atoms with E-state index in [1.807, 2.05) is 0 Å². The van der Waals surface area contributed by atoms with E-state index in [-0.39, 0.29) is 18.7 Å². The minimum absolute atomic E-state index is 0.137. The third-order valence-electron chi connectivity index (χ3n) is 2.12. The van der Waals surface area contributed by atoms with Crippen molar-refractivity contribution in [1.29, 1.82) is 0 Å². The van der Waals surface area contributed by atoms with Gasteiger partial charge < -0.3 is 5.73 Å². The zero-order valence-corrected chi connectivity index (χ0v) is 10.2. The van der Waals surface area contributed by atoms with Gasteiger partial charge in [0.1, 0.15) is 0 Å². The maximum Gasteiger partial charge on any atom is 0.348 e. The average molecular weight is 274 g/mol. The number of halogens is 1. The number of rotatable bonds is 3. The summed E-state index contributed by atoms with van der Waals surface area (Å²) in [6.45, 7) is 3.81. The van der Waals surface area contributed by atoms with Crippen molar-refractivity contribution < 1.29 is 4.79 Å². The molecule has 0 aliphatic rings. The van der Waals surface area contributed by atoms with Crippen molar-refractivity contribution in [2.45, 2.75) is 26.8 Å². The second-order valence-corrected chi connectivity index (χ2v) is 4.04. The van der Waals surface area contributed by atoms with Gasteiger partial charge >= 0.3 is 5.69 Å². The molecular weight excluding hydrogens is 262 g/mol. The highest BCUT2D eigenvalue weighted by Crippen LogP contribution is 2.16. The number of nitrogens with two attached hydrogens (primary N) is 1. The monoisotopic (exact) mass is 273 g/mol. The number of hydrogen-bond donors (Lipinski definition) is 1. The molecule has 1 rings (SSSR count). The summed E-state index contributed by atoms with van der Waals surface area (Å²) in [6.07, 6.45) is 0.137. The first kappa shape index (κ1) is 11.9. The van der Waals surface area contributed by atoms with Gasteiger partial charge in [-0.3, -0.25) is 9.36 Å². The van der Waals surface area contributed by atoms with E-state index in [1.54, 1.807) is 13.8 Å². The molecule has 1 amide bonds. The fourth-order valence-corrected chi connectivity index (χ4v) is 1.56. The summed E-state index contributed by atoms with van der Waals surface area (Å²) in [5, 5.41) is 0. The van der Waals surface area contributed by atoms with Gasteiger partial charge in [-0.25, -0.2) is 4.79 Å². The van der Waals surface area contributed by atoms with Gasteiger partial charge in [0.25, 0.3) is 0 Å². The van der Waals surface area contributed by atoms with Gasteiger partial charge in [0.15, 0.2) is 0 Å². The number of nitrogens with zero attached hydrogens (tertiary/aromatic N) is 2. The number of carbonyl (C=O) groups excluding carboxylic acids is 1. The molecule has 0 saturated heterocycles. The Bertz CT molecular complexity index is 453. The van der Waals surface area contributed by atoms with Crippen LogP contribution in [0.4, 0.5) is 0 Å². The molecule has 0 radical (unpaired) electrons. The Morgan fingerprint density at radius 2 is 2.13 bits per heavy atom. The third kappa shape index (κ3) is 2.65. The Labute approximate surface area is 95.4 Å². The molecular formula is C9H12BrN3O2. The topological polar surface area (TPSA) is 78.0 Å². The fraction of sp³-hybridized carbons (Fsp3) is 0.444. The summed E-state index contributed by atoms with van der Waals surface area (Å²) in [4.78, 5) is 25.9. The SMILES string of the molecule is Cc1nc(=O)n(CCC(N)=O)c(C)c1Br. The summed E-state index contributed by atoms with van der Waals surface area (Å²) in [6, 6.07) is 0. The van der Waals surface area contributed by atoms with Crippen molar-refractivity contribution >= 4 is 21.8 Å². The Morgan fingerprint density at radius 3 is 2.67 bits per heavy atom. The van der Waals surface area contributed by atoms with Crippen molar-refractivity contribution in [2.75, 3.05) is 0 Å². The smallest absolute Gasteiger partial charge is 0.348 e. The first-order chi connectivity index (χ1) is 6.93. The van der Waals surface area contributed by atoms with Gasteiger partial charge in [-0.05, 0) is 29.8 Å². The Hall–Kier alpha value is -1.17. The fourth-order valence-electron chi connectivity index (χ4n) is 1.26. The number of carbonyl (C=O) groups is 1. The van der Waals surface area contributed by atoms with Crippen LogP contribution in [0.2, 0.25) is 0 Å². The number of aryl methyl sites for hydroxylation is 1. The molecule has 82 valence electrons. The molecule has 15 heavy (non-hydrogen) atoms. The molecule has 1 aromatic heterocycles. The lowest BCUT2D eigenvalue weighted by Gasteiger charge is -2.10. The Kier molecular flexibility index (Phi) is 3.62. The normalized spacial score (nSPS) is 10.3.